The van der Waals surface area contributed by atoms with Crippen LogP contribution in [-0.2, 0) is 4.79 Å². The fraction of sp³-hybridized carbons (Fsp3) is 0.533. The summed E-state index contributed by atoms with van der Waals surface area (Å²) >= 11 is 0. The second kappa shape index (κ2) is 5.53. The highest BCUT2D eigenvalue weighted by molar-refractivity contribution is 5.93. The minimum atomic E-state index is 0.0828. The first-order valence-electron chi connectivity index (χ1n) is 6.69. The van der Waals surface area contributed by atoms with Crippen molar-refractivity contribution >= 4 is 11.6 Å². The number of benzene rings is 1. The van der Waals surface area contributed by atoms with E-state index in [2.05, 4.69) is 30.5 Å². The van der Waals surface area contributed by atoms with E-state index in [1.807, 2.05) is 19.1 Å². The van der Waals surface area contributed by atoms with Crippen LogP contribution in [0.2, 0.25) is 0 Å². The van der Waals surface area contributed by atoms with E-state index in [0.29, 0.717) is 0 Å². The molecule has 0 radical (unpaired) electrons. The van der Waals surface area contributed by atoms with Crippen molar-refractivity contribution in [2.45, 2.75) is 39.7 Å². The van der Waals surface area contributed by atoms with Crippen LogP contribution in [0.3, 0.4) is 0 Å². The molecule has 2 atom stereocenters. The molecule has 0 saturated carbocycles. The zero-order chi connectivity index (χ0) is 13.1. The summed E-state index contributed by atoms with van der Waals surface area (Å²) in [6.45, 7) is 7.21. The van der Waals surface area contributed by atoms with Crippen molar-refractivity contribution in [1.82, 2.24) is 5.32 Å². The Morgan fingerprint density at radius 3 is 2.83 bits per heavy atom. The molecule has 1 aromatic carbocycles. The molecule has 1 saturated heterocycles. The van der Waals surface area contributed by atoms with E-state index in [4.69, 9.17) is 0 Å². The number of anilines is 1. The Hall–Kier alpha value is -1.35. The molecule has 3 nitrogen and oxygen atoms in total. The molecule has 1 heterocycles. The van der Waals surface area contributed by atoms with Crippen molar-refractivity contribution in [2.24, 2.45) is 5.92 Å². The molecular weight excluding hydrogens is 224 g/mol. The first-order valence-corrected chi connectivity index (χ1v) is 6.69. The number of piperidine rings is 1. The Balaban J connectivity index is 2.06. The first-order chi connectivity index (χ1) is 8.58. The van der Waals surface area contributed by atoms with Crippen LogP contribution in [-0.4, -0.2) is 18.5 Å². The maximum absolute atomic E-state index is 12.3. The van der Waals surface area contributed by atoms with Gasteiger partial charge in [-0.15, -0.1) is 0 Å². The maximum Gasteiger partial charge on any atom is 0.229 e. The molecule has 0 bridgehead atoms. The Morgan fingerprint density at radius 2 is 2.17 bits per heavy atom. The number of carbonyl (C=O) groups is 1. The summed E-state index contributed by atoms with van der Waals surface area (Å²) in [5.41, 5.74) is 3.28. The highest BCUT2D eigenvalue weighted by atomic mass is 16.1. The molecule has 1 aromatic rings. The van der Waals surface area contributed by atoms with E-state index in [0.717, 1.165) is 30.6 Å². The van der Waals surface area contributed by atoms with E-state index < -0.39 is 0 Å². The molecule has 1 amide bonds. The molecule has 0 aliphatic carbocycles. The second-order valence-corrected chi connectivity index (χ2v) is 5.30. The van der Waals surface area contributed by atoms with Crippen LogP contribution in [0.15, 0.2) is 18.2 Å². The van der Waals surface area contributed by atoms with Gasteiger partial charge in [0, 0.05) is 11.7 Å². The van der Waals surface area contributed by atoms with Crippen molar-refractivity contribution in [1.29, 1.82) is 0 Å². The third-order valence-corrected chi connectivity index (χ3v) is 3.74. The van der Waals surface area contributed by atoms with Crippen molar-refractivity contribution in [3.8, 4) is 0 Å². The number of amides is 1. The number of hydrogen-bond acceptors (Lipinski definition) is 2. The molecule has 0 aromatic heterocycles. The largest absolute Gasteiger partial charge is 0.326 e. The molecule has 98 valence electrons. The van der Waals surface area contributed by atoms with Gasteiger partial charge in [-0.25, -0.2) is 0 Å². The summed E-state index contributed by atoms with van der Waals surface area (Å²) in [6.07, 6.45) is 2.06. The van der Waals surface area contributed by atoms with Gasteiger partial charge in [-0.2, -0.15) is 0 Å². The molecule has 1 aliphatic rings. The predicted molar refractivity (Wildman–Crippen MR) is 74.7 cm³/mol. The Bertz CT molecular complexity index is 442. The van der Waals surface area contributed by atoms with Gasteiger partial charge in [-0.3, -0.25) is 4.79 Å². The lowest BCUT2D eigenvalue weighted by molar-refractivity contribution is -0.121. The van der Waals surface area contributed by atoms with Crippen molar-refractivity contribution in [3.05, 3.63) is 29.3 Å². The smallest absolute Gasteiger partial charge is 0.229 e. The summed E-state index contributed by atoms with van der Waals surface area (Å²) in [7, 11) is 0. The fourth-order valence-corrected chi connectivity index (χ4v) is 2.58. The highest BCUT2D eigenvalue weighted by Crippen LogP contribution is 2.21. The second-order valence-electron chi connectivity index (χ2n) is 5.30. The third kappa shape index (κ3) is 2.91. The van der Waals surface area contributed by atoms with Gasteiger partial charge in [-0.1, -0.05) is 17.7 Å². The van der Waals surface area contributed by atoms with E-state index in [1.165, 1.54) is 5.56 Å². The predicted octanol–water partition coefficient (Wildman–Crippen LogP) is 2.63. The van der Waals surface area contributed by atoms with Crippen LogP contribution in [0.25, 0.3) is 0 Å². The van der Waals surface area contributed by atoms with Crippen LogP contribution in [0.4, 0.5) is 5.69 Å². The van der Waals surface area contributed by atoms with Crippen LogP contribution >= 0.6 is 0 Å². The van der Waals surface area contributed by atoms with E-state index >= 15 is 0 Å². The molecule has 18 heavy (non-hydrogen) atoms. The lowest BCUT2D eigenvalue weighted by Gasteiger charge is -2.29. The summed E-state index contributed by atoms with van der Waals surface area (Å²) in [6, 6.07) is 6.39. The van der Waals surface area contributed by atoms with E-state index in [1.54, 1.807) is 0 Å². The van der Waals surface area contributed by atoms with Gasteiger partial charge in [0.05, 0.1) is 5.92 Å². The molecule has 3 heteroatoms. The van der Waals surface area contributed by atoms with Gasteiger partial charge in [-0.05, 0) is 51.8 Å². The van der Waals surface area contributed by atoms with Gasteiger partial charge in [0.25, 0.3) is 0 Å². The minimum Gasteiger partial charge on any atom is -0.326 e. The molecule has 2 N–H and O–H groups in total. The maximum atomic E-state index is 12.3. The number of aryl methyl sites for hydroxylation is 2. The number of carbonyl (C=O) groups excluding carboxylic acids is 1. The lowest BCUT2D eigenvalue weighted by atomic mass is 9.91. The summed E-state index contributed by atoms with van der Waals surface area (Å²) in [5, 5.41) is 6.42. The topological polar surface area (TPSA) is 41.1 Å². The molecule has 2 unspecified atom stereocenters. The molecule has 0 spiro atoms. The van der Waals surface area contributed by atoms with Gasteiger partial charge >= 0.3 is 0 Å². The molecule has 1 fully saturated rings. The lowest BCUT2D eigenvalue weighted by Crippen LogP contribution is -2.44. The summed E-state index contributed by atoms with van der Waals surface area (Å²) in [5.74, 6) is 0.223. The molecule has 2 rings (SSSR count). The minimum absolute atomic E-state index is 0.0828. The first kappa shape index (κ1) is 13.1. The zero-order valence-electron chi connectivity index (χ0n) is 11.4. The van der Waals surface area contributed by atoms with Gasteiger partial charge in [0.2, 0.25) is 5.91 Å². The molecule has 1 aliphatic heterocycles. The normalized spacial score (nSPS) is 23.7. The van der Waals surface area contributed by atoms with Gasteiger partial charge in [0.1, 0.15) is 0 Å². The van der Waals surface area contributed by atoms with Gasteiger partial charge in [0.15, 0.2) is 0 Å². The van der Waals surface area contributed by atoms with Crippen LogP contribution in [0.1, 0.15) is 30.9 Å². The average Bonchev–Trinajstić information content (AvgIpc) is 2.33. The highest BCUT2D eigenvalue weighted by Gasteiger charge is 2.27. The Morgan fingerprint density at radius 1 is 1.39 bits per heavy atom. The summed E-state index contributed by atoms with van der Waals surface area (Å²) < 4.78 is 0. The molecular formula is C15H22N2O. The standard InChI is InChI=1S/C15H22N2O/c1-10-6-7-14(11(2)9-10)17-15(18)13-5-4-8-16-12(13)3/h6-7,9,12-13,16H,4-5,8H2,1-3H3,(H,17,18). The Labute approximate surface area is 109 Å². The summed E-state index contributed by atoms with van der Waals surface area (Å²) in [4.78, 5) is 12.3. The average molecular weight is 246 g/mol. The fourth-order valence-electron chi connectivity index (χ4n) is 2.58. The SMILES string of the molecule is Cc1ccc(NC(=O)C2CCCNC2C)c(C)c1. The number of hydrogen-bond donors (Lipinski definition) is 2. The number of rotatable bonds is 2. The number of nitrogens with one attached hydrogen (secondary N) is 2. The quantitative estimate of drug-likeness (QED) is 0.842. The third-order valence-electron chi connectivity index (χ3n) is 3.74. The van der Waals surface area contributed by atoms with Crippen LogP contribution < -0.4 is 10.6 Å². The van der Waals surface area contributed by atoms with Crippen LogP contribution in [0.5, 0.6) is 0 Å². The van der Waals surface area contributed by atoms with Gasteiger partial charge < -0.3 is 10.6 Å². The van der Waals surface area contributed by atoms with E-state index in [9.17, 15) is 4.79 Å². The van der Waals surface area contributed by atoms with Crippen molar-refractivity contribution in [2.75, 3.05) is 11.9 Å². The van der Waals surface area contributed by atoms with Crippen molar-refractivity contribution in [3.63, 3.8) is 0 Å². The zero-order valence-corrected chi connectivity index (χ0v) is 11.4. The monoisotopic (exact) mass is 246 g/mol. The van der Waals surface area contributed by atoms with Crippen LogP contribution in [0, 0.1) is 19.8 Å². The Kier molecular flexibility index (Phi) is 4.02. The van der Waals surface area contributed by atoms with E-state index in [-0.39, 0.29) is 17.9 Å². The van der Waals surface area contributed by atoms with Crippen molar-refractivity contribution < 1.29 is 4.79 Å².